The van der Waals surface area contributed by atoms with Crippen LogP contribution in [0.5, 0.6) is 0 Å². The lowest BCUT2D eigenvalue weighted by Crippen LogP contribution is -2.20. The Morgan fingerprint density at radius 2 is 2.00 bits per heavy atom. The lowest BCUT2D eigenvalue weighted by molar-refractivity contribution is -0.119. The summed E-state index contributed by atoms with van der Waals surface area (Å²) in [5.74, 6) is -0.00302. The van der Waals surface area contributed by atoms with Crippen molar-refractivity contribution in [1.29, 1.82) is 0 Å². The van der Waals surface area contributed by atoms with Gasteiger partial charge in [0.25, 0.3) is 0 Å². The number of carbonyl (C=O) groups is 1. The summed E-state index contributed by atoms with van der Waals surface area (Å²) in [6, 6.07) is 1.67. The van der Waals surface area contributed by atoms with Crippen LogP contribution in [0.25, 0.3) is 0 Å². The normalized spacial score (nSPS) is 10.9. The molecule has 0 fully saturated rings. The average molecular weight is 239 g/mol. The molecule has 1 aromatic rings. The van der Waals surface area contributed by atoms with Crippen molar-refractivity contribution >= 4 is 11.9 Å². The first-order chi connectivity index (χ1) is 8.08. The van der Waals surface area contributed by atoms with E-state index in [0.717, 1.165) is 0 Å². The van der Waals surface area contributed by atoms with Crippen LogP contribution < -0.4 is 5.32 Å². The molecule has 0 saturated carbocycles. The molecule has 6 heteroatoms. The second-order valence-corrected chi connectivity index (χ2v) is 3.75. The smallest absolute Gasteiger partial charge is 0.229 e. The van der Waals surface area contributed by atoms with Crippen LogP contribution >= 0.6 is 0 Å². The van der Waals surface area contributed by atoms with Crippen LogP contribution in [0.3, 0.4) is 0 Å². The molecule has 0 unspecified atom stereocenters. The SMILES string of the molecule is COC(OC)c1ccnc(NC(=O)C(C)C)n1. The molecule has 1 amide bonds. The van der Waals surface area contributed by atoms with E-state index in [4.69, 9.17) is 9.47 Å². The van der Waals surface area contributed by atoms with Crippen LogP contribution in [0.15, 0.2) is 12.3 Å². The highest BCUT2D eigenvalue weighted by atomic mass is 16.7. The fraction of sp³-hybridized carbons (Fsp3) is 0.545. The third-order valence-electron chi connectivity index (χ3n) is 2.11. The van der Waals surface area contributed by atoms with Crippen LogP contribution in [0.4, 0.5) is 5.95 Å². The molecule has 1 aromatic heterocycles. The predicted molar refractivity (Wildman–Crippen MR) is 62.3 cm³/mol. The van der Waals surface area contributed by atoms with Gasteiger partial charge in [-0.25, -0.2) is 9.97 Å². The Hall–Kier alpha value is -1.53. The van der Waals surface area contributed by atoms with Gasteiger partial charge < -0.3 is 9.47 Å². The Labute approximate surface area is 100 Å². The molecular formula is C11H17N3O3. The second kappa shape index (κ2) is 6.27. The van der Waals surface area contributed by atoms with E-state index in [2.05, 4.69) is 15.3 Å². The maximum absolute atomic E-state index is 11.5. The maximum Gasteiger partial charge on any atom is 0.229 e. The molecule has 6 nitrogen and oxygen atoms in total. The van der Waals surface area contributed by atoms with E-state index in [-0.39, 0.29) is 17.8 Å². The van der Waals surface area contributed by atoms with E-state index in [1.807, 2.05) is 0 Å². The van der Waals surface area contributed by atoms with Crippen LogP contribution in [0, 0.1) is 5.92 Å². The van der Waals surface area contributed by atoms with Crippen LogP contribution in [-0.4, -0.2) is 30.1 Å². The number of hydrogen-bond acceptors (Lipinski definition) is 5. The van der Waals surface area contributed by atoms with Crippen molar-refractivity contribution in [2.45, 2.75) is 20.1 Å². The van der Waals surface area contributed by atoms with Gasteiger partial charge in [0.15, 0.2) is 0 Å². The number of anilines is 1. The molecule has 0 aliphatic rings. The summed E-state index contributed by atoms with van der Waals surface area (Å²) in [6.07, 6.45) is 0.983. The summed E-state index contributed by atoms with van der Waals surface area (Å²) in [6.45, 7) is 3.60. The number of aromatic nitrogens is 2. The van der Waals surface area contributed by atoms with Crippen LogP contribution in [0.1, 0.15) is 25.8 Å². The molecule has 0 radical (unpaired) electrons. The highest BCUT2D eigenvalue weighted by Crippen LogP contribution is 2.15. The predicted octanol–water partition coefficient (Wildman–Crippen LogP) is 1.36. The van der Waals surface area contributed by atoms with Gasteiger partial charge in [0.2, 0.25) is 18.1 Å². The van der Waals surface area contributed by atoms with Crippen molar-refractivity contribution < 1.29 is 14.3 Å². The standard InChI is InChI=1S/C11H17N3O3/c1-7(2)9(15)14-11-12-6-5-8(13-11)10(16-3)17-4/h5-7,10H,1-4H3,(H,12,13,14,15). The molecule has 0 aromatic carbocycles. The number of rotatable bonds is 5. The Kier molecular flexibility index (Phi) is 4.99. The summed E-state index contributed by atoms with van der Waals surface area (Å²) in [4.78, 5) is 19.6. The highest BCUT2D eigenvalue weighted by Gasteiger charge is 2.13. The summed E-state index contributed by atoms with van der Waals surface area (Å²) < 4.78 is 10.1. The Balaban J connectivity index is 2.82. The van der Waals surface area contributed by atoms with Gasteiger partial charge in [0.05, 0.1) is 0 Å². The van der Waals surface area contributed by atoms with E-state index in [1.54, 1.807) is 26.1 Å². The zero-order valence-electron chi connectivity index (χ0n) is 10.4. The molecule has 0 atom stereocenters. The largest absolute Gasteiger partial charge is 0.350 e. The molecule has 1 rings (SSSR count). The Bertz CT molecular complexity index is 378. The lowest BCUT2D eigenvalue weighted by Gasteiger charge is -2.13. The summed E-state index contributed by atoms with van der Waals surface area (Å²) in [7, 11) is 3.03. The molecular weight excluding hydrogens is 222 g/mol. The monoisotopic (exact) mass is 239 g/mol. The van der Waals surface area contributed by atoms with Crippen LogP contribution in [0.2, 0.25) is 0 Å². The average Bonchev–Trinajstić information content (AvgIpc) is 2.31. The highest BCUT2D eigenvalue weighted by molar-refractivity contribution is 5.90. The number of amides is 1. The second-order valence-electron chi connectivity index (χ2n) is 3.75. The number of hydrogen-bond donors (Lipinski definition) is 1. The molecule has 0 aliphatic carbocycles. The molecule has 0 saturated heterocycles. The molecule has 94 valence electrons. The van der Waals surface area contributed by atoms with E-state index in [0.29, 0.717) is 5.69 Å². The van der Waals surface area contributed by atoms with Gasteiger partial charge in [-0.2, -0.15) is 0 Å². The van der Waals surface area contributed by atoms with Gasteiger partial charge in [-0.3, -0.25) is 10.1 Å². The van der Waals surface area contributed by atoms with Gasteiger partial charge in [0, 0.05) is 26.3 Å². The van der Waals surface area contributed by atoms with Crippen molar-refractivity contribution in [2.75, 3.05) is 19.5 Å². The van der Waals surface area contributed by atoms with Crippen molar-refractivity contribution in [3.63, 3.8) is 0 Å². The van der Waals surface area contributed by atoms with Crippen molar-refractivity contribution in [1.82, 2.24) is 9.97 Å². The molecule has 1 heterocycles. The first kappa shape index (κ1) is 13.5. The van der Waals surface area contributed by atoms with Gasteiger partial charge in [0.1, 0.15) is 5.69 Å². The summed E-state index contributed by atoms with van der Waals surface area (Å²) in [5.41, 5.74) is 0.559. The fourth-order valence-electron chi connectivity index (χ4n) is 1.16. The van der Waals surface area contributed by atoms with Gasteiger partial charge in [-0.05, 0) is 6.07 Å². The van der Waals surface area contributed by atoms with Gasteiger partial charge >= 0.3 is 0 Å². The minimum Gasteiger partial charge on any atom is -0.350 e. The first-order valence-electron chi connectivity index (χ1n) is 5.28. The topological polar surface area (TPSA) is 73.3 Å². The Morgan fingerprint density at radius 3 is 2.53 bits per heavy atom. The van der Waals surface area contributed by atoms with E-state index >= 15 is 0 Å². The van der Waals surface area contributed by atoms with Gasteiger partial charge in [-0.15, -0.1) is 0 Å². The van der Waals surface area contributed by atoms with Crippen molar-refractivity contribution in [2.24, 2.45) is 5.92 Å². The number of carbonyl (C=O) groups excluding carboxylic acids is 1. The molecule has 0 bridgehead atoms. The Morgan fingerprint density at radius 1 is 1.35 bits per heavy atom. The maximum atomic E-state index is 11.5. The van der Waals surface area contributed by atoms with Crippen molar-refractivity contribution in [3.8, 4) is 0 Å². The summed E-state index contributed by atoms with van der Waals surface area (Å²) in [5, 5.41) is 2.61. The molecule has 0 aliphatic heterocycles. The third kappa shape index (κ3) is 3.76. The number of ether oxygens (including phenoxy) is 2. The zero-order valence-corrected chi connectivity index (χ0v) is 10.4. The minimum absolute atomic E-state index is 0.122. The number of nitrogens with zero attached hydrogens (tertiary/aromatic N) is 2. The first-order valence-corrected chi connectivity index (χ1v) is 5.28. The van der Waals surface area contributed by atoms with E-state index in [9.17, 15) is 4.79 Å². The van der Waals surface area contributed by atoms with E-state index in [1.165, 1.54) is 14.2 Å². The molecule has 17 heavy (non-hydrogen) atoms. The number of methoxy groups -OCH3 is 2. The zero-order chi connectivity index (χ0) is 12.8. The molecule has 0 spiro atoms. The van der Waals surface area contributed by atoms with E-state index < -0.39 is 6.29 Å². The van der Waals surface area contributed by atoms with Gasteiger partial charge in [-0.1, -0.05) is 13.8 Å². The summed E-state index contributed by atoms with van der Waals surface area (Å²) >= 11 is 0. The fourth-order valence-corrected chi connectivity index (χ4v) is 1.16. The lowest BCUT2D eigenvalue weighted by atomic mass is 10.2. The number of nitrogens with one attached hydrogen (secondary N) is 1. The minimum atomic E-state index is -0.562. The van der Waals surface area contributed by atoms with Crippen molar-refractivity contribution in [3.05, 3.63) is 18.0 Å². The third-order valence-corrected chi connectivity index (χ3v) is 2.11. The van der Waals surface area contributed by atoms with Crippen LogP contribution in [-0.2, 0) is 14.3 Å². The quantitative estimate of drug-likeness (QED) is 0.785. The molecule has 1 N–H and O–H groups in total.